The number of nitrogens with one attached hydrogen (secondary N) is 1. The summed E-state index contributed by atoms with van der Waals surface area (Å²) in [6, 6.07) is 15.2. The van der Waals surface area contributed by atoms with E-state index in [9.17, 15) is 14.4 Å². The first-order chi connectivity index (χ1) is 12.6. The third-order valence-corrected chi connectivity index (χ3v) is 3.78. The fourth-order valence-electron chi connectivity index (χ4n) is 2.53. The van der Waals surface area contributed by atoms with Gasteiger partial charge < -0.3 is 4.74 Å². The largest absolute Gasteiger partial charge is 0.495 e. The summed E-state index contributed by atoms with van der Waals surface area (Å²) in [7, 11) is 1.44. The minimum Gasteiger partial charge on any atom is -0.495 e. The molecule has 1 fully saturated rings. The van der Waals surface area contributed by atoms with Crippen molar-refractivity contribution >= 4 is 29.6 Å². The number of urea groups is 1. The molecule has 0 atom stereocenters. The van der Waals surface area contributed by atoms with E-state index in [2.05, 4.69) is 5.32 Å². The molecule has 1 heterocycles. The zero-order valence-electron chi connectivity index (χ0n) is 14.0. The summed E-state index contributed by atoms with van der Waals surface area (Å²) in [5.74, 6) is -1.09. The highest BCUT2D eigenvalue weighted by Gasteiger charge is 2.37. The van der Waals surface area contributed by atoms with Gasteiger partial charge in [-0.3, -0.25) is 14.9 Å². The number of para-hydroxylation sites is 2. The molecule has 2 aromatic rings. The Morgan fingerprint density at radius 3 is 2.38 bits per heavy atom. The SMILES string of the molecule is COc1ccccc1N1C(=O)NC(=O)/C(=C\C=C\c2ccccc2)C1=O. The molecule has 3 rings (SSSR count). The minimum atomic E-state index is -0.811. The normalized spacial score (nSPS) is 16.3. The number of benzene rings is 2. The van der Waals surface area contributed by atoms with Crippen molar-refractivity contribution in [1.29, 1.82) is 0 Å². The first-order valence-corrected chi connectivity index (χ1v) is 7.88. The van der Waals surface area contributed by atoms with E-state index in [4.69, 9.17) is 4.74 Å². The lowest BCUT2D eigenvalue weighted by molar-refractivity contribution is -0.122. The molecule has 0 aromatic heterocycles. The van der Waals surface area contributed by atoms with Crippen LogP contribution < -0.4 is 15.0 Å². The van der Waals surface area contributed by atoms with Crippen molar-refractivity contribution in [3.05, 3.63) is 77.9 Å². The van der Waals surface area contributed by atoms with Crippen LogP contribution >= 0.6 is 0 Å². The first-order valence-electron chi connectivity index (χ1n) is 7.88. The molecule has 0 bridgehead atoms. The van der Waals surface area contributed by atoms with Crippen LogP contribution in [0.2, 0.25) is 0 Å². The second-order valence-corrected chi connectivity index (χ2v) is 5.42. The smallest absolute Gasteiger partial charge is 0.336 e. The van der Waals surface area contributed by atoms with Gasteiger partial charge in [0.2, 0.25) is 0 Å². The van der Waals surface area contributed by atoms with Gasteiger partial charge in [0.05, 0.1) is 12.8 Å². The Morgan fingerprint density at radius 2 is 1.65 bits per heavy atom. The van der Waals surface area contributed by atoms with Gasteiger partial charge >= 0.3 is 6.03 Å². The van der Waals surface area contributed by atoms with E-state index in [-0.39, 0.29) is 11.3 Å². The summed E-state index contributed by atoms with van der Waals surface area (Å²) in [6.45, 7) is 0. The Hall–Kier alpha value is -3.67. The number of rotatable bonds is 4. The van der Waals surface area contributed by atoms with E-state index in [0.717, 1.165) is 10.5 Å². The summed E-state index contributed by atoms with van der Waals surface area (Å²) in [5.41, 5.74) is 1.05. The third kappa shape index (κ3) is 3.39. The molecule has 0 spiro atoms. The number of barbiturate groups is 1. The number of ether oxygens (including phenoxy) is 1. The molecule has 0 radical (unpaired) electrons. The lowest BCUT2D eigenvalue weighted by atomic mass is 10.1. The number of carbonyl (C=O) groups excluding carboxylic acids is 3. The molecule has 0 unspecified atom stereocenters. The van der Waals surface area contributed by atoms with Crippen molar-refractivity contribution in [2.24, 2.45) is 0 Å². The van der Waals surface area contributed by atoms with E-state index >= 15 is 0 Å². The standard InChI is InChI=1S/C20H16N2O4/c1-26-17-13-6-5-12-16(17)22-19(24)15(18(23)21-20(22)25)11-7-10-14-8-3-2-4-9-14/h2-13H,1H3,(H,21,23,25)/b10-7+,15-11+. The third-order valence-electron chi connectivity index (χ3n) is 3.78. The number of hydrogen-bond acceptors (Lipinski definition) is 4. The maximum Gasteiger partial charge on any atom is 0.336 e. The molecule has 26 heavy (non-hydrogen) atoms. The highest BCUT2D eigenvalue weighted by Crippen LogP contribution is 2.30. The molecule has 0 saturated carbocycles. The van der Waals surface area contributed by atoms with Gasteiger partial charge in [-0.05, 0) is 23.8 Å². The zero-order valence-corrected chi connectivity index (χ0v) is 14.0. The Labute approximate surface area is 150 Å². The summed E-state index contributed by atoms with van der Waals surface area (Å²) >= 11 is 0. The molecule has 4 amide bonds. The molecular weight excluding hydrogens is 332 g/mol. The van der Waals surface area contributed by atoms with Gasteiger partial charge in [0.25, 0.3) is 11.8 Å². The second kappa shape index (κ2) is 7.48. The predicted octanol–water partition coefficient (Wildman–Crippen LogP) is 2.92. The summed E-state index contributed by atoms with van der Waals surface area (Å²) in [6.07, 6.45) is 4.75. The molecule has 1 aliphatic heterocycles. The number of allylic oxidation sites excluding steroid dienone is 2. The van der Waals surface area contributed by atoms with Crippen molar-refractivity contribution in [2.75, 3.05) is 12.0 Å². The Bertz CT molecular complexity index is 916. The average molecular weight is 348 g/mol. The van der Waals surface area contributed by atoms with Crippen molar-refractivity contribution < 1.29 is 19.1 Å². The molecular formula is C20H16N2O4. The highest BCUT2D eigenvalue weighted by molar-refractivity contribution is 6.38. The van der Waals surface area contributed by atoms with Gasteiger partial charge in [0.15, 0.2) is 0 Å². The van der Waals surface area contributed by atoms with E-state index in [0.29, 0.717) is 5.75 Å². The highest BCUT2D eigenvalue weighted by atomic mass is 16.5. The number of anilines is 1. The van der Waals surface area contributed by atoms with Crippen LogP contribution in [-0.4, -0.2) is 25.0 Å². The van der Waals surface area contributed by atoms with Crippen LogP contribution in [0.3, 0.4) is 0 Å². The van der Waals surface area contributed by atoms with Crippen LogP contribution in [0.5, 0.6) is 5.75 Å². The van der Waals surface area contributed by atoms with Gasteiger partial charge in [0.1, 0.15) is 11.3 Å². The topological polar surface area (TPSA) is 75.7 Å². The summed E-state index contributed by atoms with van der Waals surface area (Å²) in [5, 5.41) is 2.18. The summed E-state index contributed by atoms with van der Waals surface area (Å²) in [4.78, 5) is 37.9. The Balaban J connectivity index is 1.93. The van der Waals surface area contributed by atoms with Crippen molar-refractivity contribution in [3.8, 4) is 5.75 Å². The molecule has 6 heteroatoms. The van der Waals surface area contributed by atoms with Gasteiger partial charge in [-0.15, -0.1) is 0 Å². The van der Waals surface area contributed by atoms with Gasteiger partial charge in [-0.2, -0.15) is 0 Å². The van der Waals surface area contributed by atoms with Crippen LogP contribution in [0.1, 0.15) is 5.56 Å². The molecule has 6 nitrogen and oxygen atoms in total. The van der Waals surface area contributed by atoms with Crippen LogP contribution in [-0.2, 0) is 9.59 Å². The molecule has 0 aliphatic carbocycles. The van der Waals surface area contributed by atoms with Crippen LogP contribution in [0.15, 0.2) is 72.3 Å². The van der Waals surface area contributed by atoms with E-state index in [1.165, 1.54) is 13.2 Å². The fourth-order valence-corrected chi connectivity index (χ4v) is 2.53. The number of hydrogen-bond donors (Lipinski definition) is 1. The Morgan fingerprint density at radius 1 is 0.962 bits per heavy atom. The number of imide groups is 2. The van der Waals surface area contributed by atoms with Crippen molar-refractivity contribution in [2.45, 2.75) is 0 Å². The lowest BCUT2D eigenvalue weighted by Crippen LogP contribution is -2.54. The maximum atomic E-state index is 12.7. The quantitative estimate of drug-likeness (QED) is 0.681. The number of carbonyl (C=O) groups is 3. The van der Waals surface area contributed by atoms with Crippen LogP contribution in [0, 0.1) is 0 Å². The van der Waals surface area contributed by atoms with Gasteiger partial charge in [-0.25, -0.2) is 9.69 Å². The number of amides is 4. The van der Waals surface area contributed by atoms with Gasteiger partial charge in [-0.1, -0.05) is 54.6 Å². The zero-order chi connectivity index (χ0) is 18.5. The lowest BCUT2D eigenvalue weighted by Gasteiger charge is -2.27. The minimum absolute atomic E-state index is 0.136. The van der Waals surface area contributed by atoms with E-state index in [1.54, 1.807) is 36.4 Å². The first kappa shape index (κ1) is 17.2. The molecule has 130 valence electrons. The number of nitrogens with zero attached hydrogens (tertiary/aromatic N) is 1. The van der Waals surface area contributed by atoms with Crippen molar-refractivity contribution in [3.63, 3.8) is 0 Å². The van der Waals surface area contributed by atoms with E-state index < -0.39 is 17.8 Å². The predicted molar refractivity (Wildman–Crippen MR) is 97.6 cm³/mol. The van der Waals surface area contributed by atoms with E-state index in [1.807, 2.05) is 30.3 Å². The Kier molecular flexibility index (Phi) is 4.94. The maximum absolute atomic E-state index is 12.7. The molecule has 1 saturated heterocycles. The molecule has 2 aromatic carbocycles. The van der Waals surface area contributed by atoms with Gasteiger partial charge in [0, 0.05) is 0 Å². The fraction of sp³-hybridized carbons (Fsp3) is 0.0500. The monoisotopic (exact) mass is 348 g/mol. The van der Waals surface area contributed by atoms with Crippen LogP contribution in [0.4, 0.5) is 10.5 Å². The second-order valence-electron chi connectivity index (χ2n) is 5.42. The number of methoxy groups -OCH3 is 1. The summed E-state index contributed by atoms with van der Waals surface area (Å²) < 4.78 is 5.20. The molecule has 1 aliphatic rings. The van der Waals surface area contributed by atoms with Crippen LogP contribution in [0.25, 0.3) is 6.08 Å². The average Bonchev–Trinajstić information content (AvgIpc) is 2.65. The molecule has 1 N–H and O–H groups in total. The van der Waals surface area contributed by atoms with Crippen molar-refractivity contribution in [1.82, 2.24) is 5.32 Å².